The average Bonchev–Trinajstić information content (AvgIpc) is 3.66. The molecule has 0 radical (unpaired) electrons. The molecular weight excluding hydrogens is 773 g/mol. The number of para-hydroxylation sites is 2. The second-order valence-corrected chi connectivity index (χ2v) is 17.7. The standard InChI is InChI=1S/C62H46N2/c1-61(2)54-33-19-20-34-57(54)64(59-41-45(35-39-55(59)61)43-21-7-3-8-22-43)60-50-30-16-15-23-44(50)36-40-58(60)63(48-28-13-6-14-29-48)49-37-38-52-51-31-17-18-32-53(51)62(56(52)42-49,46-24-9-4-10-25-46)47-26-11-5-12-27-47/h3-42H,1-2H3. The lowest BCUT2D eigenvalue weighted by molar-refractivity contribution is 0.632. The van der Waals surface area contributed by atoms with Crippen LogP contribution in [0.5, 0.6) is 0 Å². The van der Waals surface area contributed by atoms with Crippen molar-refractivity contribution in [2.24, 2.45) is 0 Å². The van der Waals surface area contributed by atoms with E-state index in [-0.39, 0.29) is 5.41 Å². The Morgan fingerprint density at radius 3 is 1.69 bits per heavy atom. The molecule has 1 aliphatic heterocycles. The van der Waals surface area contributed by atoms with Crippen LogP contribution in [0.15, 0.2) is 243 Å². The van der Waals surface area contributed by atoms with Crippen molar-refractivity contribution in [2.45, 2.75) is 24.7 Å². The van der Waals surface area contributed by atoms with Gasteiger partial charge < -0.3 is 9.80 Å². The van der Waals surface area contributed by atoms with E-state index in [1.807, 2.05) is 0 Å². The first kappa shape index (κ1) is 37.8. The van der Waals surface area contributed by atoms with Crippen LogP contribution < -0.4 is 9.80 Å². The van der Waals surface area contributed by atoms with Crippen molar-refractivity contribution >= 4 is 44.9 Å². The number of hydrogen-bond donors (Lipinski definition) is 0. The Morgan fingerprint density at radius 1 is 0.375 bits per heavy atom. The predicted molar refractivity (Wildman–Crippen MR) is 268 cm³/mol. The van der Waals surface area contributed by atoms with Crippen LogP contribution in [0.1, 0.15) is 47.2 Å². The van der Waals surface area contributed by atoms with Crippen LogP contribution in [0.4, 0.5) is 34.1 Å². The first-order valence-corrected chi connectivity index (χ1v) is 22.4. The molecule has 0 fully saturated rings. The maximum absolute atomic E-state index is 2.57. The SMILES string of the molecule is CC1(C)c2ccccc2N(c2c(N(c3ccccc3)c3ccc4c(c3)C(c3ccccc3)(c3ccccc3)c3ccccc3-4)ccc3ccccc23)c2cc(-c3ccccc3)ccc21. The maximum atomic E-state index is 2.57. The molecule has 2 nitrogen and oxygen atoms in total. The molecule has 0 N–H and O–H groups in total. The zero-order valence-corrected chi connectivity index (χ0v) is 36.0. The van der Waals surface area contributed by atoms with E-state index in [0.29, 0.717) is 0 Å². The predicted octanol–water partition coefficient (Wildman–Crippen LogP) is 16.4. The van der Waals surface area contributed by atoms with Gasteiger partial charge in [0.05, 0.1) is 28.2 Å². The number of anilines is 6. The zero-order chi connectivity index (χ0) is 42.8. The fraction of sp³-hybridized carbons (Fsp3) is 0.0645. The topological polar surface area (TPSA) is 6.48 Å². The number of nitrogens with zero attached hydrogens (tertiary/aromatic N) is 2. The van der Waals surface area contributed by atoms with E-state index in [4.69, 9.17) is 0 Å². The van der Waals surface area contributed by atoms with Gasteiger partial charge in [0.15, 0.2) is 0 Å². The number of fused-ring (bicyclic) bond motifs is 6. The number of rotatable bonds is 7. The summed E-state index contributed by atoms with van der Waals surface area (Å²) in [6, 6.07) is 89.7. The second kappa shape index (κ2) is 14.9. The van der Waals surface area contributed by atoms with Gasteiger partial charge in [0.1, 0.15) is 0 Å². The summed E-state index contributed by atoms with van der Waals surface area (Å²) in [5, 5.41) is 2.37. The fourth-order valence-corrected chi connectivity index (χ4v) is 11.0. The largest absolute Gasteiger partial charge is 0.308 e. The minimum atomic E-state index is -0.538. The maximum Gasteiger partial charge on any atom is 0.0781 e. The fourth-order valence-electron chi connectivity index (χ4n) is 11.0. The van der Waals surface area contributed by atoms with Crippen LogP contribution in [-0.4, -0.2) is 0 Å². The van der Waals surface area contributed by atoms with Crippen molar-refractivity contribution < 1.29 is 0 Å². The Morgan fingerprint density at radius 2 is 0.953 bits per heavy atom. The average molecular weight is 819 g/mol. The smallest absolute Gasteiger partial charge is 0.0781 e. The molecule has 2 aliphatic rings. The van der Waals surface area contributed by atoms with E-state index in [0.717, 1.165) is 22.7 Å². The van der Waals surface area contributed by atoms with Crippen LogP contribution in [0, 0.1) is 0 Å². The lowest BCUT2D eigenvalue weighted by Crippen LogP contribution is -2.31. The van der Waals surface area contributed by atoms with Gasteiger partial charge in [-0.25, -0.2) is 0 Å². The van der Waals surface area contributed by atoms with E-state index in [2.05, 4.69) is 266 Å². The summed E-state index contributed by atoms with van der Waals surface area (Å²) in [5.41, 5.74) is 18.6. The minimum Gasteiger partial charge on any atom is -0.308 e. The van der Waals surface area contributed by atoms with Crippen LogP contribution in [0.2, 0.25) is 0 Å². The van der Waals surface area contributed by atoms with Crippen molar-refractivity contribution in [3.05, 3.63) is 276 Å². The van der Waals surface area contributed by atoms with Gasteiger partial charge in [0.2, 0.25) is 0 Å². The molecule has 0 unspecified atom stereocenters. The molecule has 2 heteroatoms. The molecule has 0 atom stereocenters. The molecule has 10 aromatic rings. The molecule has 10 aromatic carbocycles. The summed E-state index contributed by atoms with van der Waals surface area (Å²) >= 11 is 0. The van der Waals surface area contributed by atoms with Gasteiger partial charge in [-0.05, 0) is 103 Å². The highest BCUT2D eigenvalue weighted by atomic mass is 15.2. The summed E-state index contributed by atoms with van der Waals surface area (Å²) in [5.74, 6) is 0. The molecule has 64 heavy (non-hydrogen) atoms. The van der Waals surface area contributed by atoms with Crippen molar-refractivity contribution in [1.82, 2.24) is 0 Å². The summed E-state index contributed by atoms with van der Waals surface area (Å²) in [6.45, 7) is 4.75. The Labute approximate surface area is 376 Å². The third-order valence-corrected chi connectivity index (χ3v) is 13.9. The van der Waals surface area contributed by atoms with Gasteiger partial charge in [-0.1, -0.05) is 214 Å². The van der Waals surface area contributed by atoms with Crippen LogP contribution in [0.3, 0.4) is 0 Å². The number of benzene rings is 10. The highest BCUT2D eigenvalue weighted by molar-refractivity contribution is 6.09. The van der Waals surface area contributed by atoms with Crippen LogP contribution in [0.25, 0.3) is 33.0 Å². The van der Waals surface area contributed by atoms with Crippen molar-refractivity contribution in [1.29, 1.82) is 0 Å². The Bertz CT molecular complexity index is 3320. The van der Waals surface area contributed by atoms with Gasteiger partial charge in [-0.3, -0.25) is 0 Å². The minimum absolute atomic E-state index is 0.241. The molecule has 12 rings (SSSR count). The lowest BCUT2D eigenvalue weighted by Gasteiger charge is -2.44. The van der Waals surface area contributed by atoms with Gasteiger partial charge in [-0.15, -0.1) is 0 Å². The third kappa shape index (κ3) is 5.65. The van der Waals surface area contributed by atoms with Crippen LogP contribution in [-0.2, 0) is 10.8 Å². The summed E-state index contributed by atoms with van der Waals surface area (Å²) < 4.78 is 0. The van der Waals surface area contributed by atoms with E-state index >= 15 is 0 Å². The Hall–Kier alpha value is -7.94. The van der Waals surface area contributed by atoms with Crippen molar-refractivity contribution in [3.63, 3.8) is 0 Å². The highest BCUT2D eigenvalue weighted by Crippen LogP contribution is 2.60. The lowest BCUT2D eigenvalue weighted by atomic mass is 9.67. The van der Waals surface area contributed by atoms with Crippen molar-refractivity contribution in [2.75, 3.05) is 9.80 Å². The monoisotopic (exact) mass is 818 g/mol. The molecule has 1 aliphatic carbocycles. The van der Waals surface area contributed by atoms with E-state index in [1.54, 1.807) is 0 Å². The van der Waals surface area contributed by atoms with E-state index < -0.39 is 5.41 Å². The van der Waals surface area contributed by atoms with Gasteiger partial charge in [-0.2, -0.15) is 0 Å². The first-order valence-electron chi connectivity index (χ1n) is 22.4. The molecule has 0 saturated carbocycles. The van der Waals surface area contributed by atoms with E-state index in [9.17, 15) is 0 Å². The molecule has 0 amide bonds. The van der Waals surface area contributed by atoms with Gasteiger partial charge in [0, 0.05) is 22.2 Å². The summed E-state index contributed by atoms with van der Waals surface area (Å²) in [6.07, 6.45) is 0. The molecule has 0 bridgehead atoms. The van der Waals surface area contributed by atoms with Gasteiger partial charge in [0.25, 0.3) is 0 Å². The molecule has 0 aromatic heterocycles. The molecule has 0 saturated heterocycles. The highest BCUT2D eigenvalue weighted by Gasteiger charge is 2.46. The number of hydrogen-bond acceptors (Lipinski definition) is 2. The molecular formula is C62H46N2. The summed E-state index contributed by atoms with van der Waals surface area (Å²) in [4.78, 5) is 5.06. The summed E-state index contributed by atoms with van der Waals surface area (Å²) in [7, 11) is 0. The normalized spacial score (nSPS) is 14.0. The van der Waals surface area contributed by atoms with Crippen molar-refractivity contribution in [3.8, 4) is 22.3 Å². The Kier molecular flexibility index (Phi) is 8.77. The zero-order valence-electron chi connectivity index (χ0n) is 36.0. The Balaban J connectivity index is 1.17. The van der Waals surface area contributed by atoms with Gasteiger partial charge >= 0.3 is 0 Å². The second-order valence-electron chi connectivity index (χ2n) is 17.7. The molecule has 304 valence electrons. The molecule has 0 spiro atoms. The van der Waals surface area contributed by atoms with E-state index in [1.165, 1.54) is 77.8 Å². The third-order valence-electron chi connectivity index (χ3n) is 13.9. The first-order chi connectivity index (χ1) is 31.5. The van der Waals surface area contributed by atoms with Crippen LogP contribution >= 0.6 is 0 Å². The molecule has 1 heterocycles. The quantitative estimate of drug-likeness (QED) is 0.158.